The maximum Gasteiger partial charge on any atom is 0.264 e. The molecule has 1 aliphatic carbocycles. The van der Waals surface area contributed by atoms with E-state index in [9.17, 15) is 18.5 Å². The minimum absolute atomic E-state index is 0.0266. The molecule has 2 aromatic carbocycles. The first-order valence-electron chi connectivity index (χ1n) is 25.1. The lowest BCUT2D eigenvalue weighted by molar-refractivity contribution is -0.107. The molecule has 1 spiro atoms. The lowest BCUT2D eigenvalue weighted by Crippen LogP contribution is -2.48. The summed E-state index contributed by atoms with van der Waals surface area (Å²) >= 11 is 3.68. The molecule has 2 saturated heterocycles. The van der Waals surface area contributed by atoms with Crippen molar-refractivity contribution in [3.8, 4) is 21.6 Å². The Morgan fingerprint density at radius 2 is 1.68 bits per heavy atom. The van der Waals surface area contributed by atoms with E-state index in [1.165, 1.54) is 47.4 Å². The van der Waals surface area contributed by atoms with Crippen LogP contribution in [0, 0.1) is 22.7 Å². The fourth-order valence-corrected chi connectivity index (χ4v) is 11.8. The van der Waals surface area contributed by atoms with E-state index in [2.05, 4.69) is 78.2 Å². The first-order chi connectivity index (χ1) is 35.5. The van der Waals surface area contributed by atoms with E-state index >= 15 is 0 Å². The quantitative estimate of drug-likeness (QED) is 0.0645. The number of carbonyl (C=O) groups excluding carboxylic acids is 3. The molecule has 7 heterocycles. The Morgan fingerprint density at radius 3 is 2.18 bits per heavy atom. The van der Waals surface area contributed by atoms with Crippen molar-refractivity contribution in [3.63, 3.8) is 0 Å². The fourth-order valence-electron chi connectivity index (χ4n) is 9.71. The largest absolute Gasteiger partial charge is 0.392 e. The van der Waals surface area contributed by atoms with Crippen molar-refractivity contribution in [3.05, 3.63) is 98.7 Å². The minimum atomic E-state index is -2.65. The van der Waals surface area contributed by atoms with Gasteiger partial charge in [-0.25, -0.2) is 23.7 Å². The summed E-state index contributed by atoms with van der Waals surface area (Å²) in [6.07, 6.45) is 8.05. The molecular weight excluding hydrogens is 985 g/mol. The van der Waals surface area contributed by atoms with Gasteiger partial charge in [0.25, 0.3) is 6.43 Å². The number of aromatic nitrogens is 5. The number of halogens is 2. The Kier molecular flexibility index (Phi) is 22.9. The van der Waals surface area contributed by atoms with Gasteiger partial charge in [0.05, 0.1) is 41.2 Å². The average Bonchev–Trinajstić information content (AvgIpc) is 4.08. The molecule has 0 bridgehead atoms. The van der Waals surface area contributed by atoms with E-state index in [4.69, 9.17) is 19.8 Å². The molecule has 402 valence electrons. The topological polar surface area (TPSA) is 191 Å². The molecule has 5 aliphatic rings. The number of likely N-dealkylation sites (N-methyl/N-ethyl adjacent to an activating group) is 2. The molecule has 10 rings (SSSR count). The summed E-state index contributed by atoms with van der Waals surface area (Å²) < 4.78 is 31.3. The smallest absolute Gasteiger partial charge is 0.264 e. The number of aliphatic hydroxyl groups excluding tert-OH is 1. The monoisotopic (exact) mass is 1060 g/mol. The van der Waals surface area contributed by atoms with Gasteiger partial charge >= 0.3 is 0 Å². The third-order valence-corrected chi connectivity index (χ3v) is 15.9. The third kappa shape index (κ3) is 16.1. The summed E-state index contributed by atoms with van der Waals surface area (Å²) in [5, 5.41) is 19.8. The Balaban J connectivity index is 0.000000236. The number of anilines is 2. The summed E-state index contributed by atoms with van der Waals surface area (Å²) in [7, 11) is 6.14. The van der Waals surface area contributed by atoms with Gasteiger partial charge < -0.3 is 39.5 Å². The van der Waals surface area contributed by atoms with E-state index in [1.54, 1.807) is 29.8 Å². The maximum atomic E-state index is 14.5. The summed E-state index contributed by atoms with van der Waals surface area (Å²) in [6, 6.07) is 12.0. The molecule has 3 fully saturated rings. The third-order valence-electron chi connectivity index (χ3n) is 13.3. The number of aliphatic hydroxyl groups is 1. The molecule has 0 amide bonds. The summed E-state index contributed by atoms with van der Waals surface area (Å²) in [6.45, 7) is 18.1. The molecule has 1 atom stereocenters. The first-order valence-corrected chi connectivity index (χ1v) is 27.1. The maximum absolute atomic E-state index is 14.5. The van der Waals surface area contributed by atoms with Crippen molar-refractivity contribution in [2.45, 2.75) is 111 Å². The number of alkyl halides is 2. The second kappa shape index (κ2) is 28.5. The summed E-state index contributed by atoms with van der Waals surface area (Å²) in [5.41, 5.74) is 13.9. The Bertz CT molecular complexity index is 2540. The Morgan fingerprint density at radius 1 is 0.986 bits per heavy atom. The highest BCUT2D eigenvalue weighted by Gasteiger charge is 2.51. The zero-order chi connectivity index (χ0) is 54.0. The van der Waals surface area contributed by atoms with E-state index in [1.807, 2.05) is 75.4 Å². The summed E-state index contributed by atoms with van der Waals surface area (Å²) in [4.78, 5) is 58.0. The molecule has 4 aliphatic heterocycles. The van der Waals surface area contributed by atoms with Crippen molar-refractivity contribution in [2.24, 2.45) is 16.1 Å². The second-order valence-corrected chi connectivity index (χ2v) is 22.4. The lowest BCUT2D eigenvalue weighted by Gasteiger charge is -2.53. The van der Waals surface area contributed by atoms with E-state index in [0.717, 1.165) is 111 Å². The normalized spacial score (nSPS) is 17.6. The van der Waals surface area contributed by atoms with Gasteiger partial charge in [0.15, 0.2) is 5.82 Å². The van der Waals surface area contributed by atoms with Gasteiger partial charge in [-0.3, -0.25) is 10.1 Å². The average molecular weight is 1060 g/mol. The molecule has 16 nitrogen and oxygen atoms in total. The second-order valence-electron chi connectivity index (χ2n) is 20.5. The van der Waals surface area contributed by atoms with Crippen LogP contribution in [0.3, 0.4) is 0 Å². The fraction of sp³-hybridized carbons (Fsp3) is 0.537. The van der Waals surface area contributed by atoms with Crippen LogP contribution in [-0.2, 0) is 46.7 Å². The predicted molar refractivity (Wildman–Crippen MR) is 293 cm³/mol. The molecule has 20 heteroatoms. The number of thiazole rings is 1. The number of aldehydes is 2. The van der Waals surface area contributed by atoms with Gasteiger partial charge in [-0.1, -0.05) is 45.0 Å². The van der Waals surface area contributed by atoms with E-state index in [0.29, 0.717) is 40.4 Å². The van der Waals surface area contributed by atoms with Gasteiger partial charge in [0.2, 0.25) is 0 Å². The van der Waals surface area contributed by atoms with Gasteiger partial charge in [0.1, 0.15) is 25.2 Å². The molecule has 3 aromatic heterocycles. The van der Waals surface area contributed by atoms with Crippen molar-refractivity contribution in [2.75, 3.05) is 70.3 Å². The van der Waals surface area contributed by atoms with Crippen molar-refractivity contribution >= 4 is 54.0 Å². The number of hydrogen-bond acceptors (Lipinski definition) is 16. The Labute approximate surface area is 443 Å². The van der Waals surface area contributed by atoms with Crippen LogP contribution in [0.2, 0.25) is 0 Å². The molecular formula is C54H75F2N11O5S2. The zero-order valence-corrected chi connectivity index (χ0v) is 45.9. The van der Waals surface area contributed by atoms with Crippen LogP contribution in [-0.4, -0.2) is 130 Å². The number of nitrogens with one attached hydrogen (secondary N) is 2. The van der Waals surface area contributed by atoms with Gasteiger partial charge in [-0.15, -0.1) is 16.2 Å². The number of β-amino-alcohol motifs (C(OH)–C–C–N with tert-alkyl or cyclic N) is 1. The van der Waals surface area contributed by atoms with Crippen molar-refractivity contribution < 1.29 is 28.3 Å². The zero-order valence-electron chi connectivity index (χ0n) is 44.3. The number of fused-ring (bicyclic) bond motifs is 2. The van der Waals surface area contributed by atoms with Crippen LogP contribution in [0.15, 0.2) is 59.6 Å². The first kappa shape index (κ1) is 59.5. The molecule has 0 radical (unpaired) electrons. The molecule has 3 N–H and O–H groups in total. The Hall–Kier alpha value is -5.38. The summed E-state index contributed by atoms with van der Waals surface area (Å²) in [5.74, 6) is 3.86. The number of nitrogens with zero attached hydrogens (tertiary/aromatic N) is 9. The van der Waals surface area contributed by atoms with Gasteiger partial charge in [0, 0.05) is 84.9 Å². The number of carbonyl (C=O) groups is 3. The minimum Gasteiger partial charge on any atom is -0.392 e. The van der Waals surface area contributed by atoms with E-state index < -0.39 is 6.43 Å². The highest BCUT2D eigenvalue weighted by molar-refractivity contribution is 8.00. The standard InChI is InChI=1S/C29H32F2N6OS.C11H11N3OS.C6H15N.C5H11NO.C2H4O.CH2O/c1-35-7-4-24-23(15-35)28(34-37(24)20-11-29(12-20)16-39-17-29)36-6-2-3-18-9-21(22(27(30)31)10-25(18)36)19-13-32-26(5-8-38)33-14-19;1-8-11(16-7-12-8)10-4-2-9(3-5-10)6-13-14-15;1-6(2,3)5-7-4;1-6-3-2-5(7)4-6;1-2-3;1-2/h8-10,13-14,20,27H,2-7,11-12,15-17H2,1H3;2-5,7H,6H2,1H3,(H,13,15);7H,5H2,1-4H3;5,7H,2-4H2,1H3;2H,1H3;1H2. The van der Waals surface area contributed by atoms with Crippen LogP contribution in [0.4, 0.5) is 20.3 Å². The molecule has 1 unspecified atom stereocenters. The lowest BCUT2D eigenvalue weighted by atomic mass is 9.67. The molecule has 1 saturated carbocycles. The molecule has 74 heavy (non-hydrogen) atoms. The number of thioether (sulfide) groups is 1. The number of benzene rings is 2. The van der Waals surface area contributed by atoms with Crippen LogP contribution in [0.1, 0.15) is 105 Å². The SMILES string of the molecule is C=O.CC=O.CN1CCC(O)C1.CN1CCc2c(c(N3CCCc4cc(-c5cnc(CC=O)nc5)c(C(F)F)cc43)nn2C2CC3(CSC3)C2)C1.CNCC(C)(C)C.Cc1ncsc1-c1ccc(CNN=O)cc1. The predicted octanol–water partition coefficient (Wildman–Crippen LogP) is 9.00. The van der Waals surface area contributed by atoms with E-state index in [-0.39, 0.29) is 18.1 Å². The van der Waals surface area contributed by atoms with Crippen LogP contribution in [0.25, 0.3) is 21.6 Å². The number of hydrogen-bond donors (Lipinski definition) is 3. The van der Waals surface area contributed by atoms with Crippen LogP contribution < -0.4 is 15.6 Å². The van der Waals surface area contributed by atoms with Crippen molar-refractivity contribution in [1.82, 2.24) is 45.3 Å². The highest BCUT2D eigenvalue weighted by Crippen LogP contribution is 2.58. The number of rotatable bonds is 11. The molecule has 5 aromatic rings. The number of aryl methyl sites for hydroxylation is 2. The van der Waals surface area contributed by atoms with Gasteiger partial charge in [-0.05, 0) is 130 Å². The number of nitroso groups, excluding NO2 is 1. The van der Waals surface area contributed by atoms with Gasteiger partial charge in [-0.2, -0.15) is 16.9 Å². The highest BCUT2D eigenvalue weighted by atomic mass is 32.2. The number of likely N-dealkylation sites (tertiary alicyclic amines) is 1. The van der Waals surface area contributed by atoms with Crippen LogP contribution >= 0.6 is 23.1 Å². The van der Waals surface area contributed by atoms with Crippen LogP contribution in [0.5, 0.6) is 0 Å². The van der Waals surface area contributed by atoms with Crippen molar-refractivity contribution in [1.29, 1.82) is 0 Å².